The summed E-state index contributed by atoms with van der Waals surface area (Å²) in [7, 11) is 0. The number of rotatable bonds is 3. The Labute approximate surface area is 107 Å². The summed E-state index contributed by atoms with van der Waals surface area (Å²) in [6, 6.07) is 0.683. The van der Waals surface area contributed by atoms with Crippen molar-refractivity contribution in [2.75, 3.05) is 6.54 Å². The molecule has 1 saturated heterocycles. The van der Waals surface area contributed by atoms with Gasteiger partial charge < -0.3 is 10.1 Å². The molecule has 1 aliphatic carbocycles. The third-order valence-electron chi connectivity index (χ3n) is 4.66. The van der Waals surface area contributed by atoms with Gasteiger partial charge in [-0.2, -0.15) is 0 Å². The number of nitrogens with one attached hydrogen (secondary N) is 1. The van der Waals surface area contributed by atoms with Crippen molar-refractivity contribution in [3.8, 4) is 0 Å². The first-order valence-electron chi connectivity index (χ1n) is 7.54. The molecule has 0 radical (unpaired) electrons. The van der Waals surface area contributed by atoms with Crippen LogP contribution >= 0.6 is 0 Å². The van der Waals surface area contributed by atoms with Crippen molar-refractivity contribution in [1.82, 2.24) is 5.32 Å². The second kappa shape index (κ2) is 6.19. The van der Waals surface area contributed by atoms with Crippen molar-refractivity contribution in [3.63, 3.8) is 0 Å². The van der Waals surface area contributed by atoms with Gasteiger partial charge in [-0.1, -0.05) is 26.2 Å². The van der Waals surface area contributed by atoms with Crippen LogP contribution in [0.3, 0.4) is 0 Å². The van der Waals surface area contributed by atoms with Gasteiger partial charge in [-0.05, 0) is 51.5 Å². The van der Waals surface area contributed by atoms with Crippen LogP contribution in [0.15, 0.2) is 0 Å². The van der Waals surface area contributed by atoms with Gasteiger partial charge >= 0.3 is 0 Å². The summed E-state index contributed by atoms with van der Waals surface area (Å²) in [5.74, 6) is 1.84. The fraction of sp³-hybridized carbons (Fsp3) is 1.00. The zero-order chi connectivity index (χ0) is 12.3. The third kappa shape index (κ3) is 3.96. The standard InChI is InChI=1S/C15H29NO/c1-11-6-4-5-7-14(11)10-16-15-8-12(2)17-13(3)9-15/h11-16H,4-10H2,1-3H3. The maximum atomic E-state index is 5.79. The summed E-state index contributed by atoms with van der Waals surface area (Å²) in [5, 5.41) is 3.80. The van der Waals surface area contributed by atoms with E-state index in [9.17, 15) is 0 Å². The molecule has 1 N–H and O–H groups in total. The van der Waals surface area contributed by atoms with Crippen molar-refractivity contribution in [2.24, 2.45) is 11.8 Å². The fourth-order valence-electron chi connectivity index (χ4n) is 3.59. The van der Waals surface area contributed by atoms with E-state index in [1.54, 1.807) is 0 Å². The summed E-state index contributed by atoms with van der Waals surface area (Å²) < 4.78 is 5.79. The molecule has 4 atom stereocenters. The second-order valence-electron chi connectivity index (χ2n) is 6.36. The van der Waals surface area contributed by atoms with Gasteiger partial charge in [0, 0.05) is 6.04 Å². The Balaban J connectivity index is 1.73. The van der Waals surface area contributed by atoms with Crippen LogP contribution in [0.25, 0.3) is 0 Å². The average molecular weight is 239 g/mol. The van der Waals surface area contributed by atoms with Crippen molar-refractivity contribution >= 4 is 0 Å². The SMILES string of the molecule is CC1CC(NCC2CCCCC2C)CC(C)O1. The predicted molar refractivity (Wildman–Crippen MR) is 72.2 cm³/mol. The van der Waals surface area contributed by atoms with Gasteiger partial charge in [0.1, 0.15) is 0 Å². The minimum atomic E-state index is 0.431. The lowest BCUT2D eigenvalue weighted by molar-refractivity contribution is -0.0428. The number of hydrogen-bond donors (Lipinski definition) is 1. The highest BCUT2D eigenvalue weighted by atomic mass is 16.5. The molecule has 0 aromatic carbocycles. The molecule has 2 rings (SSSR count). The van der Waals surface area contributed by atoms with Crippen molar-refractivity contribution in [2.45, 2.75) is 77.5 Å². The monoisotopic (exact) mass is 239 g/mol. The summed E-state index contributed by atoms with van der Waals surface area (Å²) in [4.78, 5) is 0. The summed E-state index contributed by atoms with van der Waals surface area (Å²) >= 11 is 0. The van der Waals surface area contributed by atoms with Crippen LogP contribution in [0.2, 0.25) is 0 Å². The third-order valence-corrected chi connectivity index (χ3v) is 4.66. The molecule has 2 aliphatic rings. The van der Waals surface area contributed by atoms with E-state index < -0.39 is 0 Å². The van der Waals surface area contributed by atoms with E-state index in [-0.39, 0.29) is 0 Å². The first-order chi connectivity index (χ1) is 8.15. The zero-order valence-corrected chi connectivity index (χ0v) is 11.7. The normalized spacial score (nSPS) is 43.6. The molecule has 0 spiro atoms. The molecule has 0 aromatic rings. The molecule has 0 amide bonds. The minimum absolute atomic E-state index is 0.431. The predicted octanol–water partition coefficient (Wildman–Crippen LogP) is 3.36. The highest BCUT2D eigenvalue weighted by Crippen LogP contribution is 2.29. The van der Waals surface area contributed by atoms with Gasteiger partial charge in [-0.3, -0.25) is 0 Å². The van der Waals surface area contributed by atoms with Gasteiger partial charge in [-0.15, -0.1) is 0 Å². The molecule has 0 aromatic heterocycles. The molecule has 100 valence electrons. The van der Waals surface area contributed by atoms with Crippen LogP contribution in [-0.2, 0) is 4.74 Å². The molecule has 4 unspecified atom stereocenters. The topological polar surface area (TPSA) is 21.3 Å². The average Bonchev–Trinajstić information content (AvgIpc) is 2.27. The highest BCUT2D eigenvalue weighted by Gasteiger charge is 2.26. The first-order valence-corrected chi connectivity index (χ1v) is 7.54. The van der Waals surface area contributed by atoms with Gasteiger partial charge in [-0.25, -0.2) is 0 Å². The molecule has 1 saturated carbocycles. The first kappa shape index (κ1) is 13.4. The lowest BCUT2D eigenvalue weighted by Crippen LogP contribution is -2.43. The maximum absolute atomic E-state index is 5.79. The van der Waals surface area contributed by atoms with Crippen LogP contribution in [0.5, 0.6) is 0 Å². The van der Waals surface area contributed by atoms with E-state index in [2.05, 4.69) is 26.1 Å². The minimum Gasteiger partial charge on any atom is -0.375 e. The molecule has 2 nitrogen and oxygen atoms in total. The molecule has 2 heteroatoms. The number of ether oxygens (including phenoxy) is 1. The molecule has 1 heterocycles. The lowest BCUT2D eigenvalue weighted by atomic mass is 9.80. The maximum Gasteiger partial charge on any atom is 0.0565 e. The zero-order valence-electron chi connectivity index (χ0n) is 11.7. The largest absolute Gasteiger partial charge is 0.375 e. The van der Waals surface area contributed by atoms with Crippen LogP contribution in [0.1, 0.15) is 59.3 Å². The van der Waals surface area contributed by atoms with E-state index in [0.29, 0.717) is 18.2 Å². The Morgan fingerprint density at radius 2 is 1.65 bits per heavy atom. The Hall–Kier alpha value is -0.0800. The van der Waals surface area contributed by atoms with Crippen molar-refractivity contribution < 1.29 is 4.74 Å². The van der Waals surface area contributed by atoms with Crippen LogP contribution in [-0.4, -0.2) is 24.8 Å². The Kier molecular flexibility index (Phi) is 4.87. The molecular formula is C15H29NO. The Morgan fingerprint density at radius 3 is 2.29 bits per heavy atom. The fourth-order valence-corrected chi connectivity index (χ4v) is 3.59. The van der Waals surface area contributed by atoms with Crippen molar-refractivity contribution in [1.29, 1.82) is 0 Å². The van der Waals surface area contributed by atoms with E-state index >= 15 is 0 Å². The summed E-state index contributed by atoms with van der Waals surface area (Å²) in [6.07, 6.45) is 8.99. The number of hydrogen-bond acceptors (Lipinski definition) is 2. The second-order valence-corrected chi connectivity index (χ2v) is 6.36. The van der Waals surface area contributed by atoms with Gasteiger partial charge in [0.05, 0.1) is 12.2 Å². The molecule has 17 heavy (non-hydrogen) atoms. The summed E-state index contributed by atoms with van der Waals surface area (Å²) in [5.41, 5.74) is 0. The Morgan fingerprint density at radius 1 is 1.00 bits per heavy atom. The Bertz CT molecular complexity index is 221. The highest BCUT2D eigenvalue weighted by molar-refractivity contribution is 4.81. The van der Waals surface area contributed by atoms with E-state index in [1.165, 1.54) is 45.1 Å². The van der Waals surface area contributed by atoms with Gasteiger partial charge in [0.15, 0.2) is 0 Å². The molecular weight excluding hydrogens is 210 g/mol. The smallest absolute Gasteiger partial charge is 0.0565 e. The molecule has 2 fully saturated rings. The molecule has 1 aliphatic heterocycles. The van der Waals surface area contributed by atoms with E-state index in [1.807, 2.05) is 0 Å². The van der Waals surface area contributed by atoms with Crippen LogP contribution < -0.4 is 5.32 Å². The van der Waals surface area contributed by atoms with Crippen molar-refractivity contribution in [3.05, 3.63) is 0 Å². The lowest BCUT2D eigenvalue weighted by Gasteiger charge is -2.35. The molecule has 0 bridgehead atoms. The van der Waals surface area contributed by atoms with Crippen LogP contribution in [0.4, 0.5) is 0 Å². The van der Waals surface area contributed by atoms with Gasteiger partial charge in [0.25, 0.3) is 0 Å². The van der Waals surface area contributed by atoms with E-state index in [0.717, 1.165) is 11.8 Å². The van der Waals surface area contributed by atoms with E-state index in [4.69, 9.17) is 4.74 Å². The summed E-state index contributed by atoms with van der Waals surface area (Å²) in [6.45, 7) is 8.06. The van der Waals surface area contributed by atoms with Crippen LogP contribution in [0, 0.1) is 11.8 Å². The quantitative estimate of drug-likeness (QED) is 0.815. The van der Waals surface area contributed by atoms with Gasteiger partial charge in [0.2, 0.25) is 0 Å².